The molecule has 4 fully saturated rings. The maximum atomic E-state index is 2.82. The molecule has 0 aromatic carbocycles. The molecule has 4 saturated heterocycles. The van der Waals surface area contributed by atoms with Gasteiger partial charge in [-0.05, 0) is 0 Å². The van der Waals surface area contributed by atoms with Crippen molar-refractivity contribution in [3.63, 3.8) is 0 Å². The van der Waals surface area contributed by atoms with Crippen molar-refractivity contribution in [1.29, 1.82) is 0 Å². The molecule has 4 aliphatic heterocycles. The molecule has 4 heterocycles. The van der Waals surface area contributed by atoms with Gasteiger partial charge in [-0.2, -0.15) is 0 Å². The third-order valence-corrected chi connectivity index (χ3v) is 17.7. The van der Waals surface area contributed by atoms with Crippen molar-refractivity contribution in [2.75, 3.05) is 0 Å². The molecule has 0 aliphatic carbocycles. The Kier molecular flexibility index (Phi) is 7.11. The zero-order valence-corrected chi connectivity index (χ0v) is 20.7. The second-order valence-corrected chi connectivity index (χ2v) is 17.2. The third-order valence-electron chi connectivity index (χ3n) is 11.2. The van der Waals surface area contributed by atoms with Gasteiger partial charge in [0.25, 0.3) is 0 Å². The van der Waals surface area contributed by atoms with Gasteiger partial charge in [-0.15, -0.1) is 0 Å². The van der Waals surface area contributed by atoms with E-state index in [4.69, 9.17) is 0 Å². The molecule has 0 amide bonds. The van der Waals surface area contributed by atoms with Crippen LogP contribution in [-0.4, -0.2) is 21.5 Å². The molecule has 0 spiro atoms. The summed E-state index contributed by atoms with van der Waals surface area (Å²) in [4.78, 5) is 0. The van der Waals surface area contributed by atoms with E-state index >= 15 is 0 Å². The summed E-state index contributed by atoms with van der Waals surface area (Å²) in [7, 11) is -1.20. The van der Waals surface area contributed by atoms with E-state index in [1.807, 2.05) is 0 Å². The van der Waals surface area contributed by atoms with E-state index in [1.54, 1.807) is 95.2 Å². The molecule has 0 N–H and O–H groups in total. The molecular formula is C25H48B2Si. The lowest BCUT2D eigenvalue weighted by atomic mass is 9.16. The van der Waals surface area contributed by atoms with Crippen molar-refractivity contribution < 1.29 is 0 Å². The highest BCUT2D eigenvalue weighted by atomic mass is 28.3. The maximum Gasteiger partial charge on any atom is 0.148 e. The Morgan fingerprint density at radius 1 is 0.607 bits per heavy atom. The van der Waals surface area contributed by atoms with Gasteiger partial charge in [-0.1, -0.05) is 157 Å². The number of hydrogen-bond donors (Lipinski definition) is 0. The summed E-state index contributed by atoms with van der Waals surface area (Å²) in [5.41, 5.74) is 1.15. The average molecular weight is 398 g/mol. The van der Waals surface area contributed by atoms with Crippen LogP contribution in [0.25, 0.3) is 0 Å². The summed E-state index contributed by atoms with van der Waals surface area (Å²) < 4.78 is 0. The van der Waals surface area contributed by atoms with E-state index in [9.17, 15) is 0 Å². The van der Waals surface area contributed by atoms with E-state index in [0.717, 1.165) is 48.0 Å². The monoisotopic (exact) mass is 398 g/mol. The van der Waals surface area contributed by atoms with Crippen LogP contribution in [0.2, 0.25) is 52.7 Å². The smallest absolute Gasteiger partial charge is 0.0705 e. The second-order valence-electron chi connectivity index (χ2n) is 11.7. The fraction of sp³-hybridized carbons (Fsp3) is 1.00. The van der Waals surface area contributed by atoms with Gasteiger partial charge < -0.3 is 0 Å². The zero-order chi connectivity index (χ0) is 19.7. The summed E-state index contributed by atoms with van der Waals surface area (Å²) >= 11 is 0. The summed E-state index contributed by atoms with van der Waals surface area (Å²) in [6.07, 6.45) is 18.9. The molecule has 28 heavy (non-hydrogen) atoms. The first-order valence-electron chi connectivity index (χ1n) is 13.6. The minimum absolute atomic E-state index is 1.04. The fourth-order valence-corrected chi connectivity index (χ4v) is 15.5. The molecule has 4 aliphatic rings. The van der Waals surface area contributed by atoms with Gasteiger partial charge in [0, 0.05) is 8.07 Å². The molecule has 0 saturated carbocycles. The Balaban J connectivity index is 1.70. The van der Waals surface area contributed by atoms with Crippen LogP contribution in [0.15, 0.2) is 0 Å². The Hall–Kier alpha value is 0.347. The molecule has 0 aromatic heterocycles. The predicted octanol–water partition coefficient (Wildman–Crippen LogP) is 9.00. The van der Waals surface area contributed by atoms with Crippen molar-refractivity contribution in [3.8, 4) is 0 Å². The van der Waals surface area contributed by atoms with E-state index in [-0.39, 0.29) is 0 Å². The highest BCUT2D eigenvalue weighted by Crippen LogP contribution is 2.61. The first-order chi connectivity index (χ1) is 13.6. The van der Waals surface area contributed by atoms with Gasteiger partial charge in [0.1, 0.15) is 13.4 Å². The van der Waals surface area contributed by atoms with E-state index in [0.29, 0.717) is 0 Å². The van der Waals surface area contributed by atoms with Crippen LogP contribution >= 0.6 is 0 Å². The van der Waals surface area contributed by atoms with Crippen molar-refractivity contribution >= 4 is 21.5 Å². The zero-order valence-electron chi connectivity index (χ0n) is 19.7. The van der Waals surface area contributed by atoms with Gasteiger partial charge in [0.15, 0.2) is 0 Å². The van der Waals surface area contributed by atoms with Crippen molar-refractivity contribution in [3.05, 3.63) is 0 Å². The number of fused-ring (bicyclic) bond motifs is 4. The predicted molar refractivity (Wildman–Crippen MR) is 132 cm³/mol. The summed E-state index contributed by atoms with van der Waals surface area (Å²) in [5, 5.41) is 0. The first kappa shape index (κ1) is 21.6. The SMILES string of the molecule is CC[Si](CC)(CC)C(B1C2CCCC1CCC2)C(C)B1C2CCCC1CCC2. The Bertz CT molecular complexity index is 453. The van der Waals surface area contributed by atoms with Crippen LogP contribution in [-0.2, 0) is 0 Å². The lowest BCUT2D eigenvalue weighted by Crippen LogP contribution is -2.55. The molecule has 4 rings (SSSR count). The molecule has 2 unspecified atom stereocenters. The van der Waals surface area contributed by atoms with Crippen LogP contribution in [0, 0.1) is 0 Å². The third kappa shape index (κ3) is 3.73. The summed E-state index contributed by atoms with van der Waals surface area (Å²) in [6.45, 7) is 12.9. The van der Waals surface area contributed by atoms with E-state index < -0.39 is 8.07 Å². The van der Waals surface area contributed by atoms with Gasteiger partial charge in [0.05, 0.1) is 0 Å². The highest BCUT2D eigenvalue weighted by Gasteiger charge is 2.56. The Morgan fingerprint density at radius 3 is 1.25 bits per heavy atom. The van der Waals surface area contributed by atoms with Crippen molar-refractivity contribution in [2.45, 2.75) is 157 Å². The summed E-state index contributed by atoms with van der Waals surface area (Å²) in [6, 6.07) is 4.69. The second kappa shape index (κ2) is 9.23. The molecule has 0 radical (unpaired) electrons. The molecule has 0 aromatic rings. The molecule has 3 heteroatoms. The van der Waals surface area contributed by atoms with Gasteiger partial charge in [-0.25, -0.2) is 0 Å². The van der Waals surface area contributed by atoms with Crippen molar-refractivity contribution in [2.24, 2.45) is 0 Å². The van der Waals surface area contributed by atoms with Crippen molar-refractivity contribution in [1.82, 2.24) is 0 Å². The fourth-order valence-electron chi connectivity index (χ4n) is 9.91. The molecule has 2 atom stereocenters. The lowest BCUT2D eigenvalue weighted by molar-refractivity contribution is 0.426. The minimum Gasteiger partial charge on any atom is -0.0705 e. The minimum atomic E-state index is -1.20. The topological polar surface area (TPSA) is 0 Å². The van der Waals surface area contributed by atoms with Crippen LogP contribution in [0.5, 0.6) is 0 Å². The molecule has 4 bridgehead atoms. The van der Waals surface area contributed by atoms with Crippen LogP contribution in [0.3, 0.4) is 0 Å². The standard InChI is InChI=1S/C25H48B2Si/c1-5-28(6-2,7-3)25(27-23-16-10-17-24(27)19-11-18-23)20(4)26-21-12-8-13-22(26)15-9-14-21/h20-25H,5-19H2,1-4H3. The van der Waals surface area contributed by atoms with E-state index in [2.05, 4.69) is 27.7 Å². The largest absolute Gasteiger partial charge is 0.148 e. The van der Waals surface area contributed by atoms with Crippen LogP contribution in [0.1, 0.15) is 105 Å². The molecule has 0 nitrogen and oxygen atoms in total. The summed E-state index contributed by atoms with van der Waals surface area (Å²) in [5.74, 6) is 5.46. The Labute approximate surface area is 179 Å². The van der Waals surface area contributed by atoms with Crippen LogP contribution in [0.4, 0.5) is 0 Å². The average Bonchev–Trinajstić information content (AvgIpc) is 2.70. The number of rotatable bonds is 7. The Morgan fingerprint density at radius 2 is 0.929 bits per heavy atom. The molecular weight excluding hydrogens is 350 g/mol. The highest BCUT2D eigenvalue weighted by molar-refractivity contribution is 6.94. The van der Waals surface area contributed by atoms with Gasteiger partial charge in [0.2, 0.25) is 0 Å². The van der Waals surface area contributed by atoms with Crippen LogP contribution < -0.4 is 0 Å². The first-order valence-corrected chi connectivity index (χ1v) is 16.3. The van der Waals surface area contributed by atoms with Gasteiger partial charge in [-0.3, -0.25) is 0 Å². The van der Waals surface area contributed by atoms with E-state index in [1.165, 1.54) is 0 Å². The maximum absolute atomic E-state index is 2.82. The number of hydrogen-bond acceptors (Lipinski definition) is 0. The normalized spacial score (nSPS) is 35.6. The quantitative estimate of drug-likeness (QED) is 0.375. The van der Waals surface area contributed by atoms with Gasteiger partial charge >= 0.3 is 0 Å². The molecule has 158 valence electrons. The lowest BCUT2D eigenvalue weighted by Gasteiger charge is -2.56.